The predicted molar refractivity (Wildman–Crippen MR) is 80.1 cm³/mol. The number of aliphatic hydroxyl groups is 1. The first-order valence-electron chi connectivity index (χ1n) is 7.35. The van der Waals surface area contributed by atoms with Crippen molar-refractivity contribution >= 4 is 11.7 Å². The SMILES string of the molecule is CC(O)C(=O)N1CCN(CCC(=O)c2ccccc2)CC1. The van der Waals surface area contributed by atoms with Crippen LogP contribution in [0.1, 0.15) is 23.7 Å². The van der Waals surface area contributed by atoms with E-state index in [1.54, 1.807) is 4.90 Å². The molecule has 2 rings (SSSR count). The summed E-state index contributed by atoms with van der Waals surface area (Å²) < 4.78 is 0. The van der Waals surface area contributed by atoms with Gasteiger partial charge < -0.3 is 10.0 Å². The fourth-order valence-electron chi connectivity index (χ4n) is 2.48. The van der Waals surface area contributed by atoms with Crippen LogP contribution in [0.5, 0.6) is 0 Å². The van der Waals surface area contributed by atoms with Crippen molar-refractivity contribution in [1.82, 2.24) is 9.80 Å². The van der Waals surface area contributed by atoms with Gasteiger partial charge in [0.15, 0.2) is 5.78 Å². The number of carbonyl (C=O) groups excluding carboxylic acids is 2. The predicted octanol–water partition coefficient (Wildman–Crippen LogP) is 0.784. The van der Waals surface area contributed by atoms with Gasteiger partial charge in [0.2, 0.25) is 0 Å². The van der Waals surface area contributed by atoms with Gasteiger partial charge in [-0.2, -0.15) is 0 Å². The molecule has 0 spiro atoms. The molecule has 1 aliphatic heterocycles. The van der Waals surface area contributed by atoms with Crippen molar-refractivity contribution in [3.63, 3.8) is 0 Å². The van der Waals surface area contributed by atoms with E-state index < -0.39 is 6.10 Å². The maximum absolute atomic E-state index is 12.0. The Morgan fingerprint density at radius 2 is 1.76 bits per heavy atom. The van der Waals surface area contributed by atoms with Crippen molar-refractivity contribution in [3.05, 3.63) is 35.9 Å². The topological polar surface area (TPSA) is 60.9 Å². The summed E-state index contributed by atoms with van der Waals surface area (Å²) in [6.07, 6.45) is -0.440. The summed E-state index contributed by atoms with van der Waals surface area (Å²) in [6.45, 7) is 4.94. The number of aliphatic hydroxyl groups excluding tert-OH is 1. The molecule has 114 valence electrons. The highest BCUT2D eigenvalue weighted by Crippen LogP contribution is 2.07. The Labute approximate surface area is 125 Å². The fraction of sp³-hybridized carbons (Fsp3) is 0.500. The highest BCUT2D eigenvalue weighted by Gasteiger charge is 2.23. The van der Waals surface area contributed by atoms with Crippen LogP contribution < -0.4 is 0 Å². The molecule has 1 saturated heterocycles. The van der Waals surface area contributed by atoms with Crippen LogP contribution in [0.2, 0.25) is 0 Å². The van der Waals surface area contributed by atoms with Crippen LogP contribution >= 0.6 is 0 Å². The van der Waals surface area contributed by atoms with Crippen molar-refractivity contribution < 1.29 is 14.7 Å². The van der Waals surface area contributed by atoms with Crippen LogP contribution in [0.4, 0.5) is 0 Å². The van der Waals surface area contributed by atoms with Gasteiger partial charge in [-0.3, -0.25) is 14.5 Å². The second-order valence-corrected chi connectivity index (χ2v) is 5.38. The normalized spacial score (nSPS) is 17.5. The average Bonchev–Trinajstić information content (AvgIpc) is 2.53. The Kier molecular flexibility index (Phi) is 5.47. The van der Waals surface area contributed by atoms with Crippen LogP contribution in [0.3, 0.4) is 0 Å². The number of ketones is 1. The monoisotopic (exact) mass is 290 g/mol. The van der Waals surface area contributed by atoms with E-state index in [1.165, 1.54) is 6.92 Å². The summed E-state index contributed by atoms with van der Waals surface area (Å²) in [5.41, 5.74) is 0.750. The zero-order valence-corrected chi connectivity index (χ0v) is 12.4. The standard InChI is InChI=1S/C16H22N2O3/c1-13(19)16(21)18-11-9-17(10-12-18)8-7-15(20)14-5-3-2-4-6-14/h2-6,13,19H,7-12H2,1H3. The number of amides is 1. The lowest BCUT2D eigenvalue weighted by Gasteiger charge is -2.35. The molecule has 1 fully saturated rings. The average molecular weight is 290 g/mol. The number of hydrogen-bond acceptors (Lipinski definition) is 4. The number of Topliss-reactive ketones (excluding diaryl/α,β-unsaturated/α-hetero) is 1. The number of hydrogen-bond donors (Lipinski definition) is 1. The lowest BCUT2D eigenvalue weighted by atomic mass is 10.1. The van der Waals surface area contributed by atoms with E-state index in [2.05, 4.69) is 4.90 Å². The summed E-state index contributed by atoms with van der Waals surface area (Å²) >= 11 is 0. The Morgan fingerprint density at radius 1 is 1.14 bits per heavy atom. The van der Waals surface area contributed by atoms with Gasteiger partial charge in [-0.25, -0.2) is 0 Å². The first-order valence-corrected chi connectivity index (χ1v) is 7.35. The Bertz CT molecular complexity index is 480. The highest BCUT2D eigenvalue weighted by atomic mass is 16.3. The van der Waals surface area contributed by atoms with E-state index in [0.29, 0.717) is 26.1 Å². The van der Waals surface area contributed by atoms with E-state index >= 15 is 0 Å². The van der Waals surface area contributed by atoms with Gasteiger partial charge in [-0.15, -0.1) is 0 Å². The summed E-state index contributed by atoms with van der Waals surface area (Å²) in [6, 6.07) is 9.31. The van der Waals surface area contributed by atoms with Crippen molar-refractivity contribution in [2.24, 2.45) is 0 Å². The number of nitrogens with zero attached hydrogens (tertiary/aromatic N) is 2. The molecule has 1 aromatic rings. The molecular formula is C16H22N2O3. The van der Waals surface area contributed by atoms with Crippen molar-refractivity contribution in [2.75, 3.05) is 32.7 Å². The van der Waals surface area contributed by atoms with Crippen LogP contribution in [0, 0.1) is 0 Å². The van der Waals surface area contributed by atoms with Crippen molar-refractivity contribution in [2.45, 2.75) is 19.4 Å². The van der Waals surface area contributed by atoms with Gasteiger partial charge in [0.1, 0.15) is 6.10 Å². The molecule has 0 bridgehead atoms. The molecule has 1 aromatic carbocycles. The number of benzene rings is 1. The molecule has 1 heterocycles. The lowest BCUT2D eigenvalue weighted by Crippen LogP contribution is -2.51. The minimum atomic E-state index is -0.934. The fourth-order valence-corrected chi connectivity index (χ4v) is 2.48. The van der Waals surface area contributed by atoms with Crippen LogP contribution in [0.15, 0.2) is 30.3 Å². The van der Waals surface area contributed by atoms with E-state index in [0.717, 1.165) is 18.7 Å². The smallest absolute Gasteiger partial charge is 0.251 e. The maximum Gasteiger partial charge on any atom is 0.251 e. The summed E-state index contributed by atoms with van der Waals surface area (Å²) in [7, 11) is 0. The van der Waals surface area contributed by atoms with E-state index in [1.807, 2.05) is 30.3 Å². The molecule has 0 saturated carbocycles. The van der Waals surface area contributed by atoms with Crippen molar-refractivity contribution in [1.29, 1.82) is 0 Å². The van der Waals surface area contributed by atoms with Gasteiger partial charge in [0.05, 0.1) is 0 Å². The van der Waals surface area contributed by atoms with Gasteiger partial charge in [0, 0.05) is 44.7 Å². The third kappa shape index (κ3) is 4.37. The van der Waals surface area contributed by atoms with Gasteiger partial charge in [0.25, 0.3) is 5.91 Å². The number of carbonyl (C=O) groups is 2. The largest absolute Gasteiger partial charge is 0.384 e. The molecule has 1 N–H and O–H groups in total. The minimum absolute atomic E-state index is 0.151. The maximum atomic E-state index is 12.0. The molecule has 1 unspecified atom stereocenters. The first-order chi connectivity index (χ1) is 10.1. The van der Waals surface area contributed by atoms with Crippen LogP contribution in [0.25, 0.3) is 0 Å². The van der Waals surface area contributed by atoms with Crippen molar-refractivity contribution in [3.8, 4) is 0 Å². The lowest BCUT2D eigenvalue weighted by molar-refractivity contribution is -0.141. The number of rotatable bonds is 5. The quantitative estimate of drug-likeness (QED) is 0.814. The molecule has 0 aliphatic carbocycles. The molecule has 1 amide bonds. The van der Waals surface area contributed by atoms with E-state index in [9.17, 15) is 14.7 Å². The third-order valence-electron chi connectivity index (χ3n) is 3.79. The molecule has 1 aliphatic rings. The molecule has 0 aromatic heterocycles. The van der Waals surface area contributed by atoms with E-state index in [-0.39, 0.29) is 11.7 Å². The summed E-state index contributed by atoms with van der Waals surface area (Å²) in [4.78, 5) is 27.6. The number of piperazine rings is 1. The first kappa shape index (κ1) is 15.7. The minimum Gasteiger partial charge on any atom is -0.384 e. The van der Waals surface area contributed by atoms with E-state index in [4.69, 9.17) is 0 Å². The van der Waals surface area contributed by atoms with Crippen LogP contribution in [-0.2, 0) is 4.79 Å². The Morgan fingerprint density at radius 3 is 2.33 bits per heavy atom. The molecule has 1 atom stereocenters. The molecule has 0 radical (unpaired) electrons. The zero-order valence-electron chi connectivity index (χ0n) is 12.4. The molecule has 5 heteroatoms. The summed E-state index contributed by atoms with van der Waals surface area (Å²) in [5.74, 6) is -0.0619. The summed E-state index contributed by atoms with van der Waals surface area (Å²) in [5, 5.41) is 9.29. The highest BCUT2D eigenvalue weighted by molar-refractivity contribution is 5.96. The third-order valence-corrected chi connectivity index (χ3v) is 3.79. The van der Waals surface area contributed by atoms with Gasteiger partial charge in [-0.05, 0) is 6.92 Å². The Balaban J connectivity index is 1.74. The second-order valence-electron chi connectivity index (χ2n) is 5.38. The zero-order chi connectivity index (χ0) is 15.2. The van der Waals surface area contributed by atoms with Gasteiger partial charge in [-0.1, -0.05) is 30.3 Å². The molecular weight excluding hydrogens is 268 g/mol. The second kappa shape index (κ2) is 7.33. The molecule has 5 nitrogen and oxygen atoms in total. The van der Waals surface area contributed by atoms with Crippen LogP contribution in [-0.4, -0.2) is 65.4 Å². The Hall–Kier alpha value is -1.72. The van der Waals surface area contributed by atoms with Gasteiger partial charge >= 0.3 is 0 Å². The molecule has 21 heavy (non-hydrogen) atoms.